The number of nitrogens with zero attached hydrogens (tertiary/aromatic N) is 4. The van der Waals surface area contributed by atoms with Crippen LogP contribution in [0.1, 0.15) is 38.3 Å². The number of pyridine rings is 2. The van der Waals surface area contributed by atoms with Gasteiger partial charge < -0.3 is 15.2 Å². The van der Waals surface area contributed by atoms with Crippen molar-refractivity contribution in [2.45, 2.75) is 46.6 Å². The van der Waals surface area contributed by atoms with Gasteiger partial charge in [0.05, 0.1) is 11.2 Å². The lowest BCUT2D eigenvalue weighted by molar-refractivity contribution is 0.262. The first-order valence-electron chi connectivity index (χ1n) is 11.5. The fourth-order valence-electron chi connectivity index (χ4n) is 3.80. The molecule has 0 aliphatic heterocycles. The zero-order chi connectivity index (χ0) is 26.2. The Hall–Kier alpha value is -3.86. The van der Waals surface area contributed by atoms with E-state index in [4.69, 9.17) is 0 Å². The van der Waals surface area contributed by atoms with Crippen LogP contribution in [0.2, 0.25) is 0 Å². The molecule has 0 saturated heterocycles. The highest BCUT2D eigenvalue weighted by Gasteiger charge is 2.21. The average molecular weight is 510 g/mol. The zero-order valence-corrected chi connectivity index (χ0v) is 21.8. The molecule has 2 amide bonds. The van der Waals surface area contributed by atoms with Crippen LogP contribution in [0.3, 0.4) is 0 Å². The lowest BCUT2D eigenvalue weighted by Gasteiger charge is -2.15. The highest BCUT2D eigenvalue weighted by atomic mass is 32.1. The van der Waals surface area contributed by atoms with Gasteiger partial charge in [-0.3, -0.25) is 10.1 Å². The monoisotopic (exact) mass is 509 g/mol. The quantitative estimate of drug-likeness (QED) is 0.334. The Morgan fingerprint density at radius 3 is 2.50 bits per heavy atom. The number of carbonyl (C=O) groups is 1. The second-order valence-corrected chi connectivity index (χ2v) is 10.4. The Morgan fingerprint density at radius 1 is 1.11 bits per heavy atom. The first kappa shape index (κ1) is 25.2. The van der Waals surface area contributed by atoms with Crippen LogP contribution in [0.5, 0.6) is 0 Å². The minimum absolute atomic E-state index is 0.0557. The van der Waals surface area contributed by atoms with Crippen molar-refractivity contribution in [3.63, 3.8) is 0 Å². The van der Waals surface area contributed by atoms with Crippen LogP contribution in [-0.2, 0) is 12.0 Å². The molecule has 9 nitrogen and oxygen atoms in total. The van der Waals surface area contributed by atoms with Crippen molar-refractivity contribution in [2.24, 2.45) is 0 Å². The summed E-state index contributed by atoms with van der Waals surface area (Å²) in [6.45, 7) is 10.0. The topological polar surface area (TPSA) is 114 Å². The first-order valence-corrected chi connectivity index (χ1v) is 12.3. The van der Waals surface area contributed by atoms with Crippen molar-refractivity contribution in [1.82, 2.24) is 19.7 Å². The van der Waals surface area contributed by atoms with E-state index in [0.717, 1.165) is 15.9 Å². The Morgan fingerprint density at radius 2 is 1.86 bits per heavy atom. The maximum atomic E-state index is 14.8. The molecular weight excluding hydrogens is 481 g/mol. The van der Waals surface area contributed by atoms with Crippen LogP contribution in [0.25, 0.3) is 22.0 Å². The summed E-state index contributed by atoms with van der Waals surface area (Å²) in [5.41, 5.74) is 1.74. The number of hydrogen-bond acceptors (Lipinski definition) is 7. The third-order valence-corrected chi connectivity index (χ3v) is 6.95. The summed E-state index contributed by atoms with van der Waals surface area (Å²) in [5.74, 6) is 0.0355. The van der Waals surface area contributed by atoms with Gasteiger partial charge in [0.15, 0.2) is 0 Å². The fourth-order valence-corrected chi connectivity index (χ4v) is 4.60. The molecule has 0 atom stereocenters. The SMILES string of the molecule is CCn1c(=O)c(-c2cc(NC(=O)Nc3nnc(C(C)(C)C)s3)c(F)cc2C)cc2cnc(NC)cc21. The minimum atomic E-state index is -0.659. The summed E-state index contributed by atoms with van der Waals surface area (Å²) >= 11 is 1.25. The van der Waals surface area contributed by atoms with Crippen LogP contribution in [0.4, 0.5) is 25.8 Å². The standard InChI is InChI=1S/C25H28FN7O2S/c1-7-33-19-11-20(27-6)28-12-14(19)9-16(21(33)34)15-10-18(17(26)8-13(15)2)29-23(35)30-24-32-31-22(36-24)25(3,4)5/h8-12H,7H2,1-6H3,(H,27,28)(H2,29,30,32,35). The number of benzene rings is 1. The molecule has 0 spiro atoms. The number of aromatic nitrogens is 4. The Balaban J connectivity index is 1.70. The number of aryl methyl sites for hydroxylation is 2. The molecule has 3 aromatic heterocycles. The number of hydrogen-bond donors (Lipinski definition) is 3. The van der Waals surface area contributed by atoms with Crippen molar-refractivity contribution >= 4 is 44.9 Å². The average Bonchev–Trinajstić information content (AvgIpc) is 3.29. The van der Waals surface area contributed by atoms with E-state index in [0.29, 0.717) is 34.2 Å². The van der Waals surface area contributed by atoms with Crippen molar-refractivity contribution in [3.8, 4) is 11.1 Å². The number of halogens is 1. The summed E-state index contributed by atoms with van der Waals surface area (Å²) in [6, 6.07) is 5.68. The van der Waals surface area contributed by atoms with E-state index in [2.05, 4.69) is 31.1 Å². The number of urea groups is 1. The number of carbonyl (C=O) groups excluding carboxylic acids is 1. The molecule has 3 heterocycles. The smallest absolute Gasteiger partial charge is 0.325 e. The summed E-state index contributed by atoms with van der Waals surface area (Å²) in [6.07, 6.45) is 1.69. The summed E-state index contributed by atoms with van der Waals surface area (Å²) < 4.78 is 16.5. The predicted octanol–water partition coefficient (Wildman–Crippen LogP) is 5.37. The van der Waals surface area contributed by atoms with Crippen LogP contribution in [0, 0.1) is 12.7 Å². The van der Waals surface area contributed by atoms with Crippen molar-refractivity contribution < 1.29 is 9.18 Å². The van der Waals surface area contributed by atoms with E-state index < -0.39 is 11.8 Å². The summed E-state index contributed by atoms with van der Waals surface area (Å²) in [5, 5.41) is 18.0. The fraction of sp³-hybridized carbons (Fsp3) is 0.320. The molecule has 0 aliphatic rings. The molecule has 11 heteroatoms. The second kappa shape index (κ2) is 9.65. The van der Waals surface area contributed by atoms with E-state index in [1.54, 1.807) is 30.8 Å². The van der Waals surface area contributed by atoms with Crippen LogP contribution < -0.4 is 21.5 Å². The van der Waals surface area contributed by atoms with Gasteiger partial charge in [-0.15, -0.1) is 10.2 Å². The lowest BCUT2D eigenvalue weighted by Crippen LogP contribution is -2.22. The summed E-state index contributed by atoms with van der Waals surface area (Å²) in [7, 11) is 1.76. The van der Waals surface area contributed by atoms with Gasteiger partial charge in [-0.25, -0.2) is 14.2 Å². The molecule has 4 rings (SSSR count). The number of rotatable bonds is 5. The lowest BCUT2D eigenvalue weighted by atomic mass is 9.98. The first-order chi connectivity index (χ1) is 17.0. The van der Waals surface area contributed by atoms with E-state index in [9.17, 15) is 14.0 Å². The highest BCUT2D eigenvalue weighted by molar-refractivity contribution is 7.15. The van der Waals surface area contributed by atoms with Gasteiger partial charge in [-0.2, -0.15) is 0 Å². The predicted molar refractivity (Wildman–Crippen MR) is 143 cm³/mol. The van der Waals surface area contributed by atoms with E-state index in [1.807, 2.05) is 33.8 Å². The molecule has 36 heavy (non-hydrogen) atoms. The normalized spacial score (nSPS) is 11.5. The van der Waals surface area contributed by atoms with Gasteiger partial charge in [-0.1, -0.05) is 32.1 Å². The third kappa shape index (κ3) is 4.92. The molecule has 3 N–H and O–H groups in total. The van der Waals surface area contributed by atoms with Crippen molar-refractivity contribution in [1.29, 1.82) is 0 Å². The molecule has 188 valence electrons. The van der Waals surface area contributed by atoms with Gasteiger partial charge in [0.25, 0.3) is 5.56 Å². The van der Waals surface area contributed by atoms with Crippen LogP contribution in [0.15, 0.2) is 35.3 Å². The van der Waals surface area contributed by atoms with Gasteiger partial charge in [0, 0.05) is 42.2 Å². The molecule has 1 aromatic carbocycles. The van der Waals surface area contributed by atoms with E-state index in [-0.39, 0.29) is 16.7 Å². The largest absolute Gasteiger partial charge is 0.373 e. The highest BCUT2D eigenvalue weighted by Crippen LogP contribution is 2.30. The Labute approximate surface area is 211 Å². The minimum Gasteiger partial charge on any atom is -0.373 e. The Kier molecular flexibility index (Phi) is 6.77. The molecule has 4 aromatic rings. The maximum Gasteiger partial charge on any atom is 0.325 e. The van der Waals surface area contributed by atoms with Crippen LogP contribution in [-0.4, -0.2) is 32.8 Å². The van der Waals surface area contributed by atoms with Gasteiger partial charge in [0.2, 0.25) is 5.13 Å². The van der Waals surface area contributed by atoms with Crippen molar-refractivity contribution in [2.75, 3.05) is 23.0 Å². The van der Waals surface area contributed by atoms with E-state index in [1.165, 1.54) is 23.5 Å². The van der Waals surface area contributed by atoms with Crippen LogP contribution >= 0.6 is 11.3 Å². The molecule has 0 radical (unpaired) electrons. The molecule has 0 fully saturated rings. The zero-order valence-electron chi connectivity index (χ0n) is 21.0. The molecule has 0 unspecified atom stereocenters. The van der Waals surface area contributed by atoms with E-state index >= 15 is 0 Å². The molecule has 0 bridgehead atoms. The molecule has 0 aliphatic carbocycles. The number of nitrogens with one attached hydrogen (secondary N) is 3. The molecule has 0 saturated carbocycles. The number of anilines is 3. The second-order valence-electron chi connectivity index (χ2n) is 9.37. The number of amides is 2. The van der Waals surface area contributed by atoms with Crippen molar-refractivity contribution in [3.05, 3.63) is 57.2 Å². The molecular formula is C25H28FN7O2S. The Bertz CT molecular complexity index is 1520. The van der Waals surface area contributed by atoms with Gasteiger partial charge in [0.1, 0.15) is 16.6 Å². The van der Waals surface area contributed by atoms with Gasteiger partial charge >= 0.3 is 6.03 Å². The van der Waals surface area contributed by atoms with Gasteiger partial charge in [-0.05, 0) is 43.2 Å². The summed E-state index contributed by atoms with van der Waals surface area (Å²) in [4.78, 5) is 30.4. The number of fused-ring (bicyclic) bond motifs is 1. The maximum absolute atomic E-state index is 14.8. The third-order valence-electron chi connectivity index (χ3n) is 5.69.